The van der Waals surface area contributed by atoms with Crippen LogP contribution in [0.25, 0.3) is 0 Å². The summed E-state index contributed by atoms with van der Waals surface area (Å²) in [5, 5.41) is 7.19. The van der Waals surface area contributed by atoms with Gasteiger partial charge in [-0.1, -0.05) is 30.3 Å². The van der Waals surface area contributed by atoms with Crippen molar-refractivity contribution in [1.29, 1.82) is 0 Å². The summed E-state index contributed by atoms with van der Waals surface area (Å²) < 4.78 is 16.4. The van der Waals surface area contributed by atoms with Gasteiger partial charge in [0.25, 0.3) is 0 Å². The van der Waals surface area contributed by atoms with Crippen LogP contribution in [-0.2, 0) is 4.79 Å². The van der Waals surface area contributed by atoms with Crippen molar-refractivity contribution in [1.82, 2.24) is 0 Å². The highest BCUT2D eigenvalue weighted by atomic mass is 16.7. The van der Waals surface area contributed by atoms with Crippen LogP contribution in [-0.4, -0.2) is 19.7 Å². The predicted octanol–water partition coefficient (Wildman–Crippen LogP) is 5.40. The van der Waals surface area contributed by atoms with Crippen molar-refractivity contribution in [2.45, 2.75) is 24.8 Å². The fourth-order valence-electron chi connectivity index (χ4n) is 4.95. The molecule has 3 aliphatic rings. The third kappa shape index (κ3) is 3.48. The topological polar surface area (TPSA) is 68.8 Å². The van der Waals surface area contributed by atoms with Crippen LogP contribution in [0.5, 0.6) is 17.2 Å². The van der Waals surface area contributed by atoms with Gasteiger partial charge in [0, 0.05) is 17.7 Å². The van der Waals surface area contributed by atoms with E-state index in [0.29, 0.717) is 12.2 Å². The Morgan fingerprint density at radius 3 is 2.45 bits per heavy atom. The first-order chi connectivity index (χ1) is 16.2. The average Bonchev–Trinajstić information content (AvgIpc) is 3.24. The molecule has 33 heavy (non-hydrogen) atoms. The van der Waals surface area contributed by atoms with Crippen molar-refractivity contribution < 1.29 is 19.0 Å². The standard InChI is InChI=1S/C27H24N2O4/c1-31-19-9-6-16(7-10-19)18-12-22-26(23(30)13-18)27(29-21-5-3-2-4-20(21)28-22)17-8-11-24-25(14-17)33-15-32-24/h2-11,14,18,27-29H,12-13,15H2,1H3/t18-,27-/m0/s1. The molecule has 0 saturated carbocycles. The van der Waals surface area contributed by atoms with Gasteiger partial charge in [-0.05, 0) is 59.9 Å². The molecule has 2 N–H and O–H groups in total. The zero-order valence-electron chi connectivity index (χ0n) is 18.3. The summed E-state index contributed by atoms with van der Waals surface area (Å²) in [5.41, 5.74) is 5.80. The van der Waals surface area contributed by atoms with Gasteiger partial charge in [0.2, 0.25) is 6.79 Å². The van der Waals surface area contributed by atoms with Crippen molar-refractivity contribution in [3.8, 4) is 17.2 Å². The van der Waals surface area contributed by atoms with E-state index in [2.05, 4.69) is 22.8 Å². The van der Waals surface area contributed by atoms with Gasteiger partial charge in [-0.25, -0.2) is 0 Å². The molecule has 0 spiro atoms. The van der Waals surface area contributed by atoms with Gasteiger partial charge >= 0.3 is 0 Å². The highest BCUT2D eigenvalue weighted by Gasteiger charge is 2.36. The van der Waals surface area contributed by atoms with E-state index in [1.165, 1.54) is 0 Å². The Balaban J connectivity index is 1.42. The van der Waals surface area contributed by atoms with E-state index < -0.39 is 0 Å². The third-order valence-electron chi connectivity index (χ3n) is 6.63. The molecule has 6 rings (SSSR count). The molecule has 6 heteroatoms. The summed E-state index contributed by atoms with van der Waals surface area (Å²) >= 11 is 0. The van der Waals surface area contributed by atoms with Crippen molar-refractivity contribution in [3.05, 3.63) is 89.1 Å². The minimum absolute atomic E-state index is 0.109. The average molecular weight is 440 g/mol. The van der Waals surface area contributed by atoms with E-state index in [-0.39, 0.29) is 24.5 Å². The van der Waals surface area contributed by atoms with Gasteiger partial charge in [-0.3, -0.25) is 4.79 Å². The van der Waals surface area contributed by atoms with Crippen LogP contribution in [0.3, 0.4) is 0 Å². The number of nitrogens with one attached hydrogen (secondary N) is 2. The van der Waals surface area contributed by atoms with E-state index in [1.54, 1.807) is 7.11 Å². The number of anilines is 2. The highest BCUT2D eigenvalue weighted by Crippen LogP contribution is 2.45. The Labute approximate surface area is 192 Å². The summed E-state index contributed by atoms with van der Waals surface area (Å²) in [4.78, 5) is 13.6. The van der Waals surface area contributed by atoms with Crippen molar-refractivity contribution in [3.63, 3.8) is 0 Å². The van der Waals surface area contributed by atoms with E-state index in [4.69, 9.17) is 14.2 Å². The quantitative estimate of drug-likeness (QED) is 0.568. The summed E-state index contributed by atoms with van der Waals surface area (Å²) in [6.07, 6.45) is 1.22. The Kier molecular flexibility index (Phi) is 4.72. The summed E-state index contributed by atoms with van der Waals surface area (Å²) in [5.74, 6) is 2.51. The normalized spacial score (nSPS) is 20.8. The number of hydrogen-bond acceptors (Lipinski definition) is 6. The lowest BCUT2D eigenvalue weighted by atomic mass is 9.78. The van der Waals surface area contributed by atoms with Gasteiger partial charge in [0.1, 0.15) is 5.75 Å². The minimum Gasteiger partial charge on any atom is -0.497 e. The number of allylic oxidation sites excluding steroid dienone is 1. The van der Waals surface area contributed by atoms with Gasteiger partial charge < -0.3 is 24.8 Å². The van der Waals surface area contributed by atoms with Crippen LogP contribution in [0.1, 0.15) is 35.9 Å². The van der Waals surface area contributed by atoms with Gasteiger partial charge in [-0.15, -0.1) is 0 Å². The molecular formula is C27H24N2O4. The van der Waals surface area contributed by atoms with E-state index in [9.17, 15) is 4.79 Å². The predicted molar refractivity (Wildman–Crippen MR) is 126 cm³/mol. The van der Waals surface area contributed by atoms with Crippen LogP contribution in [0.2, 0.25) is 0 Å². The number of para-hydroxylation sites is 2. The van der Waals surface area contributed by atoms with Crippen LogP contribution in [0.15, 0.2) is 78.0 Å². The smallest absolute Gasteiger partial charge is 0.231 e. The van der Waals surface area contributed by atoms with Crippen LogP contribution < -0.4 is 24.8 Å². The second-order valence-corrected chi connectivity index (χ2v) is 8.55. The van der Waals surface area contributed by atoms with Crippen molar-refractivity contribution in [2.75, 3.05) is 24.5 Å². The number of fused-ring (bicyclic) bond motifs is 2. The number of methoxy groups -OCH3 is 1. The van der Waals surface area contributed by atoms with Crippen molar-refractivity contribution in [2.24, 2.45) is 0 Å². The molecule has 2 heterocycles. The number of hydrogen-bond donors (Lipinski definition) is 2. The number of rotatable bonds is 3. The number of Topliss-reactive ketones (excluding diaryl/α,β-unsaturated/α-hetero) is 1. The van der Waals surface area contributed by atoms with Gasteiger partial charge in [-0.2, -0.15) is 0 Å². The lowest BCUT2D eigenvalue weighted by molar-refractivity contribution is -0.116. The number of carbonyl (C=O) groups excluding carboxylic acids is 1. The van der Waals surface area contributed by atoms with E-state index >= 15 is 0 Å². The van der Waals surface area contributed by atoms with E-state index in [1.807, 2.05) is 54.6 Å². The second-order valence-electron chi connectivity index (χ2n) is 8.55. The maximum atomic E-state index is 13.6. The summed E-state index contributed by atoms with van der Waals surface area (Å²) in [6.45, 7) is 0.220. The Morgan fingerprint density at radius 2 is 1.64 bits per heavy atom. The molecule has 0 bridgehead atoms. The molecule has 0 unspecified atom stereocenters. The fraction of sp³-hybridized carbons (Fsp3) is 0.222. The maximum Gasteiger partial charge on any atom is 0.231 e. The van der Waals surface area contributed by atoms with Gasteiger partial charge in [0.05, 0.1) is 24.5 Å². The first-order valence-corrected chi connectivity index (χ1v) is 11.1. The molecule has 6 nitrogen and oxygen atoms in total. The summed E-state index contributed by atoms with van der Waals surface area (Å²) in [6, 6.07) is 21.7. The molecule has 0 aromatic heterocycles. The SMILES string of the molecule is COc1ccc([C@@H]2CC(=O)C3=C(C2)Nc2ccccc2N[C@H]3c2ccc3c(c2)OCO3)cc1. The van der Waals surface area contributed by atoms with E-state index in [0.717, 1.165) is 51.7 Å². The maximum absolute atomic E-state index is 13.6. The minimum atomic E-state index is -0.282. The lowest BCUT2D eigenvalue weighted by Crippen LogP contribution is -2.26. The molecule has 0 fully saturated rings. The third-order valence-corrected chi connectivity index (χ3v) is 6.63. The monoisotopic (exact) mass is 440 g/mol. The molecule has 166 valence electrons. The molecule has 2 aliphatic heterocycles. The first-order valence-electron chi connectivity index (χ1n) is 11.1. The molecule has 0 saturated heterocycles. The van der Waals surface area contributed by atoms with Crippen LogP contribution in [0, 0.1) is 0 Å². The Morgan fingerprint density at radius 1 is 0.879 bits per heavy atom. The Hall–Kier alpha value is -3.93. The molecule has 3 aromatic carbocycles. The zero-order chi connectivity index (χ0) is 22.4. The largest absolute Gasteiger partial charge is 0.497 e. The lowest BCUT2D eigenvalue weighted by Gasteiger charge is -2.30. The molecule has 0 radical (unpaired) electrons. The number of ketones is 1. The van der Waals surface area contributed by atoms with Crippen LogP contribution in [0.4, 0.5) is 11.4 Å². The molecule has 2 atom stereocenters. The zero-order valence-corrected chi connectivity index (χ0v) is 18.3. The fourth-order valence-corrected chi connectivity index (χ4v) is 4.95. The van der Waals surface area contributed by atoms with Crippen LogP contribution >= 0.6 is 0 Å². The molecular weight excluding hydrogens is 416 g/mol. The highest BCUT2D eigenvalue weighted by molar-refractivity contribution is 6.01. The number of ether oxygens (including phenoxy) is 3. The first kappa shape index (κ1) is 19.7. The summed E-state index contributed by atoms with van der Waals surface area (Å²) in [7, 11) is 1.66. The number of benzene rings is 3. The van der Waals surface area contributed by atoms with Crippen molar-refractivity contribution >= 4 is 17.2 Å². The molecule has 1 aliphatic carbocycles. The molecule has 3 aromatic rings. The second kappa shape index (κ2) is 7.89. The number of carbonyl (C=O) groups is 1. The Bertz CT molecular complexity index is 1270. The molecule has 0 amide bonds. The van der Waals surface area contributed by atoms with Gasteiger partial charge in [0.15, 0.2) is 17.3 Å².